The molecule has 15 heavy (non-hydrogen) atoms. The van der Waals surface area contributed by atoms with Crippen LogP contribution in [0.4, 0.5) is 0 Å². The van der Waals surface area contributed by atoms with E-state index in [1.54, 1.807) is 6.08 Å². The molecule has 3 aliphatic carbocycles. The highest BCUT2D eigenvalue weighted by Gasteiger charge is 2.53. The average molecular weight is 209 g/mol. The van der Waals surface area contributed by atoms with Gasteiger partial charge in [-0.3, -0.25) is 4.79 Å². The van der Waals surface area contributed by atoms with Crippen LogP contribution >= 0.6 is 0 Å². The number of esters is 1. The fraction of sp³-hybridized carbons (Fsp3) is 0.818. The van der Waals surface area contributed by atoms with Gasteiger partial charge < -0.3 is 4.74 Å². The molecular formula is C11H15NO3. The van der Waals surface area contributed by atoms with Crippen molar-refractivity contribution in [3.05, 3.63) is 0 Å². The van der Waals surface area contributed by atoms with Gasteiger partial charge in [0.25, 0.3) is 0 Å². The zero-order chi connectivity index (χ0) is 10.9. The number of carbonyl (C=O) groups excluding carboxylic acids is 2. The summed E-state index contributed by atoms with van der Waals surface area (Å²) in [7, 11) is 1.44. The van der Waals surface area contributed by atoms with Crippen LogP contribution in [0, 0.1) is 5.41 Å². The van der Waals surface area contributed by atoms with Crippen LogP contribution in [-0.4, -0.2) is 24.7 Å². The van der Waals surface area contributed by atoms with Crippen molar-refractivity contribution in [1.29, 1.82) is 0 Å². The maximum Gasteiger partial charge on any atom is 0.311 e. The average Bonchev–Trinajstić information content (AvgIpc) is 2.30. The van der Waals surface area contributed by atoms with Gasteiger partial charge in [0.15, 0.2) is 0 Å². The number of hydrogen-bond acceptors (Lipinski definition) is 4. The van der Waals surface area contributed by atoms with E-state index in [9.17, 15) is 9.59 Å². The monoisotopic (exact) mass is 209 g/mol. The summed E-state index contributed by atoms with van der Waals surface area (Å²) in [5, 5.41) is 0. The van der Waals surface area contributed by atoms with Crippen LogP contribution in [0.2, 0.25) is 0 Å². The van der Waals surface area contributed by atoms with Gasteiger partial charge >= 0.3 is 5.97 Å². The second-order valence-corrected chi connectivity index (χ2v) is 4.70. The van der Waals surface area contributed by atoms with Crippen LogP contribution in [0.1, 0.15) is 38.5 Å². The van der Waals surface area contributed by atoms with E-state index in [0.717, 1.165) is 38.5 Å². The van der Waals surface area contributed by atoms with Crippen LogP contribution in [0.15, 0.2) is 4.99 Å². The first kappa shape index (κ1) is 10.4. The normalized spacial score (nSPS) is 38.2. The fourth-order valence-corrected chi connectivity index (χ4v) is 2.95. The van der Waals surface area contributed by atoms with E-state index in [1.807, 2.05) is 0 Å². The van der Waals surface area contributed by atoms with Gasteiger partial charge in [-0.1, -0.05) is 0 Å². The Bertz CT molecular complexity index is 306. The van der Waals surface area contributed by atoms with Gasteiger partial charge in [-0.05, 0) is 38.5 Å². The zero-order valence-electron chi connectivity index (χ0n) is 8.91. The van der Waals surface area contributed by atoms with Crippen molar-refractivity contribution in [1.82, 2.24) is 0 Å². The van der Waals surface area contributed by atoms with Gasteiger partial charge in [0, 0.05) is 0 Å². The quantitative estimate of drug-likeness (QED) is 0.394. The van der Waals surface area contributed by atoms with Gasteiger partial charge in [0.1, 0.15) is 0 Å². The van der Waals surface area contributed by atoms with Crippen molar-refractivity contribution in [2.45, 2.75) is 44.1 Å². The minimum Gasteiger partial charge on any atom is -0.469 e. The van der Waals surface area contributed by atoms with Gasteiger partial charge in [0.05, 0.1) is 18.1 Å². The summed E-state index contributed by atoms with van der Waals surface area (Å²) < 4.78 is 4.85. The highest BCUT2D eigenvalue weighted by molar-refractivity contribution is 5.77. The van der Waals surface area contributed by atoms with Crippen molar-refractivity contribution in [2.24, 2.45) is 10.4 Å². The molecule has 0 aliphatic heterocycles. The van der Waals surface area contributed by atoms with Crippen LogP contribution in [0.3, 0.4) is 0 Å². The Labute approximate surface area is 88.7 Å². The van der Waals surface area contributed by atoms with E-state index < -0.39 is 0 Å². The molecule has 0 unspecified atom stereocenters. The molecule has 2 bridgehead atoms. The molecule has 4 nitrogen and oxygen atoms in total. The third-order valence-corrected chi connectivity index (χ3v) is 4.11. The summed E-state index contributed by atoms with van der Waals surface area (Å²) >= 11 is 0. The van der Waals surface area contributed by atoms with Crippen LogP contribution in [0.25, 0.3) is 0 Å². The van der Waals surface area contributed by atoms with E-state index in [0.29, 0.717) is 0 Å². The summed E-state index contributed by atoms with van der Waals surface area (Å²) in [5.74, 6) is -0.0918. The van der Waals surface area contributed by atoms with E-state index in [4.69, 9.17) is 4.74 Å². The predicted molar refractivity (Wildman–Crippen MR) is 53.0 cm³/mol. The summed E-state index contributed by atoms with van der Waals surface area (Å²) in [4.78, 5) is 25.9. The lowest BCUT2D eigenvalue weighted by Gasteiger charge is -2.48. The summed E-state index contributed by atoms with van der Waals surface area (Å²) in [6, 6.07) is 0. The molecule has 0 atom stereocenters. The van der Waals surface area contributed by atoms with Crippen LogP contribution in [0.5, 0.6) is 0 Å². The fourth-order valence-electron chi connectivity index (χ4n) is 2.95. The molecule has 0 saturated heterocycles. The Hall–Kier alpha value is -1.15. The lowest BCUT2D eigenvalue weighted by atomic mass is 9.57. The SMILES string of the molecule is COC(=O)C12CCC(N=C=O)(CC1)CC2. The van der Waals surface area contributed by atoms with Crippen LogP contribution < -0.4 is 0 Å². The number of hydrogen-bond donors (Lipinski definition) is 0. The molecule has 4 heteroatoms. The van der Waals surface area contributed by atoms with E-state index in [1.165, 1.54) is 7.11 Å². The second kappa shape index (κ2) is 3.46. The molecule has 3 saturated carbocycles. The lowest BCUT2D eigenvalue weighted by Crippen LogP contribution is -2.48. The largest absolute Gasteiger partial charge is 0.469 e. The summed E-state index contributed by atoms with van der Waals surface area (Å²) in [5.41, 5.74) is -0.494. The first-order valence-corrected chi connectivity index (χ1v) is 5.34. The zero-order valence-corrected chi connectivity index (χ0v) is 8.91. The number of methoxy groups -OCH3 is 1. The molecule has 0 radical (unpaired) electrons. The van der Waals surface area contributed by atoms with Crippen molar-refractivity contribution in [3.8, 4) is 0 Å². The maximum absolute atomic E-state index is 11.7. The van der Waals surface area contributed by atoms with Gasteiger partial charge in [-0.25, -0.2) is 4.79 Å². The number of fused-ring (bicyclic) bond motifs is 3. The number of nitrogens with zero attached hydrogens (tertiary/aromatic N) is 1. The number of carbonyl (C=O) groups is 1. The lowest BCUT2D eigenvalue weighted by molar-refractivity contribution is -0.159. The Morgan fingerprint density at radius 3 is 2.13 bits per heavy atom. The highest BCUT2D eigenvalue weighted by Crippen LogP contribution is 2.54. The van der Waals surface area contributed by atoms with Gasteiger partial charge in [-0.2, -0.15) is 4.99 Å². The number of aliphatic imine (C=N–C) groups is 1. The molecular weight excluding hydrogens is 194 g/mol. The molecule has 0 heterocycles. The summed E-state index contributed by atoms with van der Waals surface area (Å²) in [6.07, 6.45) is 6.51. The van der Waals surface area contributed by atoms with Gasteiger partial charge in [-0.15, -0.1) is 0 Å². The highest BCUT2D eigenvalue weighted by atomic mass is 16.5. The predicted octanol–water partition coefficient (Wildman–Crippen LogP) is 1.59. The third-order valence-electron chi connectivity index (χ3n) is 4.11. The molecule has 3 fully saturated rings. The maximum atomic E-state index is 11.7. The molecule has 0 aromatic carbocycles. The molecule has 3 rings (SSSR count). The summed E-state index contributed by atoms with van der Waals surface area (Å²) in [6.45, 7) is 0. The molecule has 0 aromatic heterocycles. The van der Waals surface area contributed by atoms with Crippen molar-refractivity contribution >= 4 is 12.0 Å². The van der Waals surface area contributed by atoms with E-state index in [2.05, 4.69) is 4.99 Å². The van der Waals surface area contributed by atoms with Crippen molar-refractivity contribution in [2.75, 3.05) is 7.11 Å². The first-order chi connectivity index (χ1) is 7.16. The minimum absolute atomic E-state index is 0.0918. The molecule has 0 spiro atoms. The second-order valence-electron chi connectivity index (χ2n) is 4.70. The smallest absolute Gasteiger partial charge is 0.311 e. The van der Waals surface area contributed by atoms with Crippen LogP contribution in [-0.2, 0) is 14.3 Å². The Balaban J connectivity index is 2.17. The molecule has 0 amide bonds. The molecule has 82 valence electrons. The Morgan fingerprint density at radius 1 is 1.20 bits per heavy atom. The topological polar surface area (TPSA) is 55.7 Å². The van der Waals surface area contributed by atoms with E-state index in [-0.39, 0.29) is 16.9 Å². The Morgan fingerprint density at radius 2 is 1.73 bits per heavy atom. The number of ether oxygens (including phenoxy) is 1. The first-order valence-electron chi connectivity index (χ1n) is 5.34. The van der Waals surface area contributed by atoms with Crippen molar-refractivity contribution in [3.63, 3.8) is 0 Å². The van der Waals surface area contributed by atoms with E-state index >= 15 is 0 Å². The number of isocyanates is 1. The minimum atomic E-state index is -0.283. The molecule has 3 aliphatic rings. The standard InChI is InChI=1S/C11H15NO3/c1-15-9(14)10-2-5-11(6-3-10,7-4-10)12-8-13/h2-7H2,1H3. The molecule has 0 aromatic rings. The molecule has 0 N–H and O–H groups in total. The number of rotatable bonds is 2. The third kappa shape index (κ3) is 1.49. The Kier molecular flexibility index (Phi) is 2.39. The van der Waals surface area contributed by atoms with Crippen molar-refractivity contribution < 1.29 is 14.3 Å². The van der Waals surface area contributed by atoms with Gasteiger partial charge in [0.2, 0.25) is 6.08 Å².